The van der Waals surface area contributed by atoms with Crippen molar-refractivity contribution in [3.05, 3.63) is 51.2 Å². The Hall–Kier alpha value is -1.07. The van der Waals surface area contributed by atoms with Crippen LogP contribution in [0.3, 0.4) is 0 Å². The normalized spacial score (nSPS) is 10.2. The van der Waals surface area contributed by atoms with Gasteiger partial charge < -0.3 is 10.1 Å². The average molecular weight is 372 g/mol. The molecule has 0 atom stereocenters. The van der Waals surface area contributed by atoms with Crippen molar-refractivity contribution in [2.75, 3.05) is 12.4 Å². The number of pyridine rings is 1. The third-order valence-corrected chi connectivity index (χ3v) is 3.53. The molecule has 2 aromatic rings. The zero-order chi connectivity index (χ0) is 13.0. The van der Waals surface area contributed by atoms with Crippen molar-refractivity contribution in [3.63, 3.8) is 0 Å². The van der Waals surface area contributed by atoms with Gasteiger partial charge in [-0.3, -0.25) is 0 Å². The van der Waals surface area contributed by atoms with Gasteiger partial charge in [0.1, 0.15) is 10.4 Å². The lowest BCUT2D eigenvalue weighted by Gasteiger charge is -2.08. The Morgan fingerprint density at radius 3 is 2.67 bits per heavy atom. The number of hydrogen-bond donors (Lipinski definition) is 1. The van der Waals surface area contributed by atoms with Gasteiger partial charge in [0, 0.05) is 6.54 Å². The van der Waals surface area contributed by atoms with E-state index in [1.807, 2.05) is 30.3 Å². The van der Waals surface area contributed by atoms with E-state index in [4.69, 9.17) is 4.74 Å². The molecular weight excluding hydrogens is 360 g/mol. The number of hydrogen-bond acceptors (Lipinski definition) is 3. The van der Waals surface area contributed by atoms with Crippen LogP contribution in [0.2, 0.25) is 0 Å². The van der Waals surface area contributed by atoms with Gasteiger partial charge in [-0.1, -0.05) is 6.07 Å². The molecule has 3 nitrogen and oxygen atoms in total. The molecule has 0 unspecified atom stereocenters. The van der Waals surface area contributed by atoms with Gasteiger partial charge in [0.15, 0.2) is 0 Å². The minimum Gasteiger partial charge on any atom is -0.496 e. The third kappa shape index (κ3) is 3.46. The minimum atomic E-state index is 0.742. The predicted molar refractivity (Wildman–Crippen MR) is 80.0 cm³/mol. The fourth-order valence-electron chi connectivity index (χ4n) is 1.50. The summed E-state index contributed by atoms with van der Waals surface area (Å²) in [5, 5.41) is 3.31. The highest BCUT2D eigenvalue weighted by molar-refractivity contribution is 9.10. The fourth-order valence-corrected chi connectivity index (χ4v) is 2.33. The molecular formula is C13H12Br2N2O. The summed E-state index contributed by atoms with van der Waals surface area (Å²) in [5.41, 5.74) is 2.16. The molecule has 0 saturated heterocycles. The van der Waals surface area contributed by atoms with Gasteiger partial charge in [0.2, 0.25) is 0 Å². The summed E-state index contributed by atoms with van der Waals surface area (Å²) in [6.07, 6.45) is 1.79. The molecule has 0 amide bonds. The smallest absolute Gasteiger partial charge is 0.133 e. The molecule has 18 heavy (non-hydrogen) atoms. The molecule has 2 rings (SSSR count). The van der Waals surface area contributed by atoms with Gasteiger partial charge in [-0.2, -0.15) is 0 Å². The number of ether oxygens (including phenoxy) is 1. The van der Waals surface area contributed by atoms with E-state index in [9.17, 15) is 0 Å². The summed E-state index contributed by atoms with van der Waals surface area (Å²) in [5.74, 6) is 0.837. The fraction of sp³-hybridized carbons (Fsp3) is 0.154. The van der Waals surface area contributed by atoms with Crippen LogP contribution in [0.1, 0.15) is 5.56 Å². The number of aromatic nitrogens is 1. The first-order chi connectivity index (χ1) is 8.69. The van der Waals surface area contributed by atoms with E-state index in [2.05, 4.69) is 42.2 Å². The predicted octanol–water partition coefficient (Wildman–Crippen LogP) is 4.23. The van der Waals surface area contributed by atoms with Gasteiger partial charge in [-0.05, 0) is 61.7 Å². The van der Waals surface area contributed by atoms with Crippen LogP contribution in [0, 0.1) is 0 Å². The molecule has 0 radical (unpaired) electrons. The van der Waals surface area contributed by atoms with Gasteiger partial charge in [-0.25, -0.2) is 4.98 Å². The first-order valence-corrected chi connectivity index (χ1v) is 6.95. The Labute approximate surface area is 123 Å². The molecule has 0 saturated carbocycles. The zero-order valence-corrected chi connectivity index (χ0v) is 13.0. The van der Waals surface area contributed by atoms with E-state index >= 15 is 0 Å². The van der Waals surface area contributed by atoms with Crippen molar-refractivity contribution in [2.24, 2.45) is 0 Å². The molecule has 0 spiro atoms. The Morgan fingerprint density at radius 1 is 1.22 bits per heavy atom. The second-order valence-corrected chi connectivity index (χ2v) is 5.36. The Bertz CT molecular complexity index is 529. The van der Waals surface area contributed by atoms with Crippen molar-refractivity contribution < 1.29 is 4.74 Å². The quantitative estimate of drug-likeness (QED) is 0.816. The average Bonchev–Trinajstić information content (AvgIpc) is 2.38. The zero-order valence-electron chi connectivity index (χ0n) is 9.78. The maximum absolute atomic E-state index is 5.19. The van der Waals surface area contributed by atoms with Gasteiger partial charge >= 0.3 is 0 Å². The Morgan fingerprint density at radius 2 is 2.06 bits per heavy atom. The van der Waals surface area contributed by atoms with E-state index in [0.717, 1.165) is 27.1 Å². The first kappa shape index (κ1) is 13.4. The van der Waals surface area contributed by atoms with Crippen LogP contribution >= 0.6 is 31.9 Å². The van der Waals surface area contributed by atoms with Crippen LogP contribution in [-0.2, 0) is 6.54 Å². The highest BCUT2D eigenvalue weighted by Gasteiger charge is 2.01. The molecule has 94 valence electrons. The SMILES string of the molecule is COc1ccc(CNc2ccc(Br)nc2)cc1Br. The summed E-state index contributed by atoms with van der Waals surface area (Å²) in [6, 6.07) is 9.91. The highest BCUT2D eigenvalue weighted by Crippen LogP contribution is 2.25. The van der Waals surface area contributed by atoms with E-state index in [1.54, 1.807) is 13.3 Å². The van der Waals surface area contributed by atoms with Crippen molar-refractivity contribution in [2.45, 2.75) is 6.54 Å². The van der Waals surface area contributed by atoms with Gasteiger partial charge in [0.25, 0.3) is 0 Å². The van der Waals surface area contributed by atoms with Crippen LogP contribution in [0.4, 0.5) is 5.69 Å². The Kier molecular flexibility index (Phi) is 4.60. The molecule has 1 aromatic heterocycles. The number of rotatable bonds is 4. The standard InChI is InChI=1S/C13H12Br2N2O/c1-18-12-4-2-9(6-11(12)14)7-16-10-3-5-13(15)17-8-10/h2-6,8,16H,7H2,1H3. The van der Waals surface area contributed by atoms with Crippen molar-refractivity contribution in [3.8, 4) is 5.75 Å². The molecule has 0 aliphatic heterocycles. The summed E-state index contributed by atoms with van der Waals surface area (Å²) in [6.45, 7) is 0.742. The largest absolute Gasteiger partial charge is 0.496 e. The van der Waals surface area contributed by atoms with Crippen molar-refractivity contribution >= 4 is 37.5 Å². The lowest BCUT2D eigenvalue weighted by Crippen LogP contribution is -2.00. The van der Waals surface area contributed by atoms with Crippen LogP contribution in [0.5, 0.6) is 5.75 Å². The minimum absolute atomic E-state index is 0.742. The second kappa shape index (κ2) is 6.20. The molecule has 0 bridgehead atoms. The molecule has 1 aromatic carbocycles. The van der Waals surface area contributed by atoms with E-state index in [0.29, 0.717) is 0 Å². The summed E-state index contributed by atoms with van der Waals surface area (Å²) >= 11 is 6.78. The third-order valence-electron chi connectivity index (χ3n) is 2.44. The maximum atomic E-state index is 5.19. The van der Waals surface area contributed by atoms with Crippen molar-refractivity contribution in [1.29, 1.82) is 0 Å². The molecule has 0 fully saturated rings. The second-order valence-electron chi connectivity index (χ2n) is 3.69. The number of nitrogens with one attached hydrogen (secondary N) is 1. The monoisotopic (exact) mass is 370 g/mol. The molecule has 0 aliphatic rings. The maximum Gasteiger partial charge on any atom is 0.133 e. The summed E-state index contributed by atoms with van der Waals surface area (Å²) < 4.78 is 6.98. The lowest BCUT2D eigenvalue weighted by molar-refractivity contribution is 0.412. The molecule has 1 N–H and O–H groups in total. The summed E-state index contributed by atoms with van der Waals surface area (Å²) in [7, 11) is 1.66. The van der Waals surface area contributed by atoms with Crippen molar-refractivity contribution in [1.82, 2.24) is 4.98 Å². The van der Waals surface area contributed by atoms with Gasteiger partial charge in [0.05, 0.1) is 23.5 Å². The van der Waals surface area contributed by atoms with Crippen LogP contribution in [0.15, 0.2) is 45.6 Å². The number of anilines is 1. The lowest BCUT2D eigenvalue weighted by atomic mass is 10.2. The van der Waals surface area contributed by atoms with Crippen LogP contribution < -0.4 is 10.1 Å². The summed E-state index contributed by atoms with van der Waals surface area (Å²) in [4.78, 5) is 4.16. The van der Waals surface area contributed by atoms with E-state index in [1.165, 1.54) is 5.56 Å². The molecule has 1 heterocycles. The van der Waals surface area contributed by atoms with Crippen LogP contribution in [0.25, 0.3) is 0 Å². The number of benzene rings is 1. The van der Waals surface area contributed by atoms with Crippen LogP contribution in [-0.4, -0.2) is 12.1 Å². The van der Waals surface area contributed by atoms with Gasteiger partial charge in [-0.15, -0.1) is 0 Å². The topological polar surface area (TPSA) is 34.1 Å². The number of nitrogens with zero attached hydrogens (tertiary/aromatic N) is 1. The highest BCUT2D eigenvalue weighted by atomic mass is 79.9. The molecule has 5 heteroatoms. The Balaban J connectivity index is 2.02. The number of methoxy groups -OCH3 is 1. The van der Waals surface area contributed by atoms with E-state index in [-0.39, 0.29) is 0 Å². The number of halogens is 2. The molecule has 0 aliphatic carbocycles. The van der Waals surface area contributed by atoms with E-state index < -0.39 is 0 Å². The first-order valence-electron chi connectivity index (χ1n) is 5.37.